The van der Waals surface area contributed by atoms with Crippen LogP contribution in [-0.4, -0.2) is 19.8 Å². The minimum Gasteiger partial charge on any atom is -0.383 e. The van der Waals surface area contributed by atoms with Gasteiger partial charge in [0.2, 0.25) is 0 Å². The quantitative estimate of drug-likeness (QED) is 0.900. The summed E-state index contributed by atoms with van der Waals surface area (Å²) < 4.78 is 6.12. The molecule has 0 aliphatic rings. The highest BCUT2D eigenvalue weighted by atomic mass is 79.9. The zero-order chi connectivity index (χ0) is 11.3. The number of ether oxygens (including phenoxy) is 1. The molecule has 2 nitrogen and oxygen atoms in total. The van der Waals surface area contributed by atoms with Crippen LogP contribution in [0.1, 0.15) is 12.5 Å². The Morgan fingerprint density at radius 3 is 2.93 bits per heavy atom. The molecule has 1 unspecified atom stereocenters. The maximum Gasteiger partial charge on any atom is 0.0613 e. The van der Waals surface area contributed by atoms with Crippen molar-refractivity contribution in [3.63, 3.8) is 0 Å². The molecular weight excluding hydrogens is 277 g/mol. The highest BCUT2D eigenvalue weighted by Crippen LogP contribution is 2.20. The molecule has 0 spiro atoms. The van der Waals surface area contributed by atoms with Crippen molar-refractivity contribution >= 4 is 27.5 Å². The molecule has 0 radical (unpaired) electrons. The third kappa shape index (κ3) is 4.51. The van der Waals surface area contributed by atoms with E-state index in [9.17, 15) is 0 Å². The number of hydrogen-bond acceptors (Lipinski definition) is 2. The molecule has 1 atom stereocenters. The van der Waals surface area contributed by atoms with Gasteiger partial charge in [-0.05, 0) is 30.7 Å². The molecule has 0 amide bonds. The predicted octanol–water partition coefficient (Wildman–Crippen LogP) is 3.23. The van der Waals surface area contributed by atoms with Crippen LogP contribution in [0.2, 0.25) is 5.02 Å². The molecule has 0 bridgehead atoms. The van der Waals surface area contributed by atoms with Crippen LogP contribution in [-0.2, 0) is 11.3 Å². The Kier molecular flexibility index (Phi) is 5.61. The van der Waals surface area contributed by atoms with E-state index in [4.69, 9.17) is 16.3 Å². The van der Waals surface area contributed by atoms with Crippen molar-refractivity contribution in [3.05, 3.63) is 33.3 Å². The van der Waals surface area contributed by atoms with Crippen LogP contribution in [0.25, 0.3) is 0 Å². The lowest BCUT2D eigenvalue weighted by molar-refractivity contribution is 0.171. The summed E-state index contributed by atoms with van der Waals surface area (Å²) in [5, 5.41) is 4.11. The fourth-order valence-electron chi connectivity index (χ4n) is 1.27. The van der Waals surface area contributed by atoms with Gasteiger partial charge in [-0.15, -0.1) is 0 Å². The van der Waals surface area contributed by atoms with Crippen LogP contribution in [0.3, 0.4) is 0 Å². The average Bonchev–Trinajstić information content (AvgIpc) is 2.20. The second kappa shape index (κ2) is 6.48. The van der Waals surface area contributed by atoms with Crippen molar-refractivity contribution in [3.8, 4) is 0 Å². The topological polar surface area (TPSA) is 21.3 Å². The zero-order valence-corrected chi connectivity index (χ0v) is 11.2. The molecule has 15 heavy (non-hydrogen) atoms. The van der Waals surface area contributed by atoms with E-state index in [0.29, 0.717) is 12.6 Å². The van der Waals surface area contributed by atoms with Crippen LogP contribution < -0.4 is 5.32 Å². The van der Waals surface area contributed by atoms with Gasteiger partial charge < -0.3 is 10.1 Å². The summed E-state index contributed by atoms with van der Waals surface area (Å²) >= 11 is 9.41. The molecule has 0 fully saturated rings. The summed E-state index contributed by atoms with van der Waals surface area (Å²) in [5.41, 5.74) is 1.16. The van der Waals surface area contributed by atoms with E-state index >= 15 is 0 Å². The van der Waals surface area contributed by atoms with Crippen LogP contribution in [0.4, 0.5) is 0 Å². The van der Waals surface area contributed by atoms with Crippen molar-refractivity contribution in [1.29, 1.82) is 0 Å². The zero-order valence-electron chi connectivity index (χ0n) is 8.89. The lowest BCUT2D eigenvalue weighted by atomic mass is 10.2. The molecule has 0 saturated carbocycles. The predicted molar refractivity (Wildman–Crippen MR) is 67.3 cm³/mol. The van der Waals surface area contributed by atoms with Gasteiger partial charge in [-0.2, -0.15) is 0 Å². The number of rotatable bonds is 5. The fraction of sp³-hybridized carbons (Fsp3) is 0.455. The van der Waals surface area contributed by atoms with Crippen molar-refractivity contribution in [2.45, 2.75) is 19.5 Å². The molecule has 0 aromatic heterocycles. The third-order valence-electron chi connectivity index (χ3n) is 2.07. The molecule has 1 aromatic rings. The normalized spacial score (nSPS) is 12.8. The van der Waals surface area contributed by atoms with Gasteiger partial charge >= 0.3 is 0 Å². The van der Waals surface area contributed by atoms with Crippen LogP contribution in [0.5, 0.6) is 0 Å². The van der Waals surface area contributed by atoms with E-state index in [1.807, 2.05) is 18.2 Å². The lowest BCUT2D eigenvalue weighted by Gasteiger charge is -2.13. The fourth-order valence-corrected chi connectivity index (χ4v) is 1.85. The third-order valence-corrected chi connectivity index (χ3v) is 3.07. The van der Waals surface area contributed by atoms with Gasteiger partial charge in [0.05, 0.1) is 6.61 Å². The Balaban J connectivity index is 2.53. The molecule has 1 N–H and O–H groups in total. The van der Waals surface area contributed by atoms with Crippen molar-refractivity contribution < 1.29 is 4.74 Å². The molecule has 84 valence electrons. The number of hydrogen-bond donors (Lipinski definition) is 1. The average molecular weight is 293 g/mol. The first kappa shape index (κ1) is 13.0. The molecular formula is C11H15BrClNO. The van der Waals surface area contributed by atoms with Crippen molar-refractivity contribution in [2.75, 3.05) is 13.7 Å². The first-order valence-corrected chi connectivity index (χ1v) is 5.97. The first-order chi connectivity index (χ1) is 7.13. The van der Waals surface area contributed by atoms with Crippen LogP contribution in [0.15, 0.2) is 22.7 Å². The Morgan fingerprint density at radius 1 is 1.53 bits per heavy atom. The second-order valence-corrected chi connectivity index (χ2v) is 4.76. The standard InChI is InChI=1S/C11H15BrClNO/c1-8(7-15-2)14-6-9-5-10(13)3-4-11(9)12/h3-5,8,14H,6-7H2,1-2H3. The largest absolute Gasteiger partial charge is 0.383 e. The van der Waals surface area contributed by atoms with Crippen LogP contribution >= 0.6 is 27.5 Å². The SMILES string of the molecule is COCC(C)NCc1cc(Cl)ccc1Br. The molecule has 1 rings (SSSR count). The maximum absolute atomic E-state index is 5.92. The molecule has 0 saturated heterocycles. The summed E-state index contributed by atoms with van der Waals surface area (Å²) in [7, 11) is 1.70. The Hall–Kier alpha value is -0.0900. The molecule has 1 aromatic carbocycles. The number of methoxy groups -OCH3 is 1. The lowest BCUT2D eigenvalue weighted by Crippen LogP contribution is -2.29. The molecule has 0 aliphatic heterocycles. The van der Waals surface area contributed by atoms with Crippen molar-refractivity contribution in [2.24, 2.45) is 0 Å². The second-order valence-electron chi connectivity index (χ2n) is 3.47. The summed E-state index contributed by atoms with van der Waals surface area (Å²) in [5.74, 6) is 0. The first-order valence-electron chi connectivity index (χ1n) is 4.79. The summed E-state index contributed by atoms with van der Waals surface area (Å²) in [6.07, 6.45) is 0. The van der Waals surface area contributed by atoms with E-state index in [2.05, 4.69) is 28.2 Å². The smallest absolute Gasteiger partial charge is 0.0613 e. The van der Waals surface area contributed by atoms with Gasteiger partial charge in [0.25, 0.3) is 0 Å². The Labute approximate surface area is 104 Å². The minimum atomic E-state index is 0.334. The summed E-state index contributed by atoms with van der Waals surface area (Å²) in [4.78, 5) is 0. The molecule has 0 aliphatic carbocycles. The van der Waals surface area contributed by atoms with Gasteiger partial charge in [-0.3, -0.25) is 0 Å². The van der Waals surface area contributed by atoms with Gasteiger partial charge in [0.15, 0.2) is 0 Å². The highest BCUT2D eigenvalue weighted by molar-refractivity contribution is 9.10. The monoisotopic (exact) mass is 291 g/mol. The van der Waals surface area contributed by atoms with Gasteiger partial charge in [0, 0.05) is 29.2 Å². The van der Waals surface area contributed by atoms with Crippen molar-refractivity contribution in [1.82, 2.24) is 5.32 Å². The summed E-state index contributed by atoms with van der Waals surface area (Å²) in [6.45, 7) is 3.58. The Morgan fingerprint density at radius 2 is 2.27 bits per heavy atom. The summed E-state index contributed by atoms with van der Waals surface area (Å²) in [6, 6.07) is 6.12. The van der Waals surface area contributed by atoms with Gasteiger partial charge in [-0.1, -0.05) is 27.5 Å². The Bertz CT molecular complexity index is 319. The van der Waals surface area contributed by atoms with Crippen LogP contribution in [0, 0.1) is 0 Å². The molecule has 0 heterocycles. The number of benzene rings is 1. The van der Waals surface area contributed by atoms with Gasteiger partial charge in [0.1, 0.15) is 0 Å². The minimum absolute atomic E-state index is 0.334. The van der Waals surface area contributed by atoms with E-state index in [1.165, 1.54) is 0 Å². The van der Waals surface area contributed by atoms with E-state index in [1.54, 1.807) is 7.11 Å². The van der Waals surface area contributed by atoms with E-state index in [0.717, 1.165) is 21.6 Å². The highest BCUT2D eigenvalue weighted by Gasteiger charge is 2.04. The van der Waals surface area contributed by atoms with E-state index < -0.39 is 0 Å². The maximum atomic E-state index is 5.92. The van der Waals surface area contributed by atoms with Gasteiger partial charge in [-0.25, -0.2) is 0 Å². The van der Waals surface area contributed by atoms with E-state index in [-0.39, 0.29) is 0 Å². The number of halogens is 2. The molecule has 4 heteroatoms. The number of nitrogens with one attached hydrogen (secondary N) is 1.